The Morgan fingerprint density at radius 2 is 1.88 bits per heavy atom. The molecular formula is C16H23F3N4OSi. The Hall–Kier alpha value is -1.74. The van der Waals surface area contributed by atoms with Gasteiger partial charge >= 0.3 is 6.18 Å². The van der Waals surface area contributed by atoms with Crippen molar-refractivity contribution in [1.82, 2.24) is 19.7 Å². The van der Waals surface area contributed by atoms with Crippen molar-refractivity contribution in [2.45, 2.75) is 52.4 Å². The van der Waals surface area contributed by atoms with Crippen LogP contribution >= 0.6 is 0 Å². The first-order valence-corrected chi connectivity index (χ1v) is 11.7. The monoisotopic (exact) mass is 372 g/mol. The molecule has 2 aromatic rings. The highest BCUT2D eigenvalue weighted by Gasteiger charge is 2.37. The summed E-state index contributed by atoms with van der Waals surface area (Å²) >= 11 is 0. The van der Waals surface area contributed by atoms with Crippen LogP contribution < -0.4 is 0 Å². The number of hydrogen-bond donors (Lipinski definition) is 0. The number of pyridine rings is 1. The van der Waals surface area contributed by atoms with Crippen molar-refractivity contribution in [3.63, 3.8) is 0 Å². The van der Waals surface area contributed by atoms with E-state index in [9.17, 15) is 13.2 Å². The maximum atomic E-state index is 13.0. The molecule has 0 unspecified atom stereocenters. The molecule has 5 nitrogen and oxygen atoms in total. The van der Waals surface area contributed by atoms with Gasteiger partial charge in [-0.3, -0.25) is 4.98 Å². The number of ether oxygens (including phenoxy) is 1. The van der Waals surface area contributed by atoms with Gasteiger partial charge in [-0.25, -0.2) is 9.67 Å². The molecule has 0 saturated heterocycles. The van der Waals surface area contributed by atoms with Crippen molar-refractivity contribution in [3.05, 3.63) is 29.3 Å². The second-order valence-corrected chi connectivity index (χ2v) is 12.9. The summed E-state index contributed by atoms with van der Waals surface area (Å²) in [5.74, 6) is -1.06. The third-order valence-electron chi connectivity index (χ3n) is 3.73. The van der Waals surface area contributed by atoms with E-state index in [1.54, 1.807) is 6.07 Å². The van der Waals surface area contributed by atoms with Crippen LogP contribution in [0.3, 0.4) is 0 Å². The summed E-state index contributed by atoms with van der Waals surface area (Å²) in [7, 11) is -1.27. The minimum atomic E-state index is -4.61. The van der Waals surface area contributed by atoms with Crippen molar-refractivity contribution >= 4 is 8.07 Å². The van der Waals surface area contributed by atoms with E-state index < -0.39 is 20.1 Å². The van der Waals surface area contributed by atoms with E-state index in [-0.39, 0.29) is 12.6 Å². The molecule has 0 N–H and O–H groups in total. The quantitative estimate of drug-likeness (QED) is 0.561. The second-order valence-electron chi connectivity index (χ2n) is 7.23. The highest BCUT2D eigenvalue weighted by molar-refractivity contribution is 6.76. The lowest BCUT2D eigenvalue weighted by atomic mass is 10.1. The van der Waals surface area contributed by atoms with Gasteiger partial charge in [0.15, 0.2) is 5.82 Å². The van der Waals surface area contributed by atoms with Crippen LogP contribution in [0.25, 0.3) is 11.4 Å². The Morgan fingerprint density at radius 3 is 2.44 bits per heavy atom. The van der Waals surface area contributed by atoms with Crippen molar-refractivity contribution in [3.8, 4) is 11.4 Å². The minimum absolute atomic E-state index is 0.0736. The molecule has 0 saturated carbocycles. The Morgan fingerprint density at radius 1 is 1.20 bits per heavy atom. The molecule has 9 heteroatoms. The fourth-order valence-electron chi connectivity index (χ4n) is 2.06. The third-order valence-corrected chi connectivity index (χ3v) is 5.44. The molecule has 0 fully saturated rings. The van der Waals surface area contributed by atoms with Gasteiger partial charge in [0.2, 0.25) is 0 Å². The number of rotatable bonds is 6. The van der Waals surface area contributed by atoms with E-state index in [2.05, 4.69) is 34.7 Å². The topological polar surface area (TPSA) is 52.8 Å². The molecule has 0 amide bonds. The Kier molecular flexibility index (Phi) is 5.67. The van der Waals surface area contributed by atoms with Gasteiger partial charge < -0.3 is 4.74 Å². The molecule has 0 spiro atoms. The van der Waals surface area contributed by atoms with E-state index in [0.717, 1.165) is 22.0 Å². The van der Waals surface area contributed by atoms with Crippen LogP contribution in [-0.4, -0.2) is 34.4 Å². The fourth-order valence-corrected chi connectivity index (χ4v) is 2.82. The summed E-state index contributed by atoms with van der Waals surface area (Å²) in [6.45, 7) is 10.7. The fraction of sp³-hybridized carbons (Fsp3) is 0.562. The number of aromatic nitrogens is 4. The molecule has 0 aliphatic carbocycles. The first-order valence-electron chi connectivity index (χ1n) is 8.01. The maximum Gasteiger partial charge on any atom is 0.453 e. The second kappa shape index (κ2) is 7.25. The SMILES string of the molecule is Cc1cc(-c2nc(C(F)(F)F)nn2COCC[Si](C)(C)C)cnc1C. The number of alkyl halides is 3. The minimum Gasteiger partial charge on any atom is -0.359 e. The Labute approximate surface area is 146 Å². The molecule has 0 aliphatic heterocycles. The molecule has 25 heavy (non-hydrogen) atoms. The molecule has 2 aromatic heterocycles. The average Bonchev–Trinajstić information content (AvgIpc) is 2.90. The van der Waals surface area contributed by atoms with Crippen LogP contribution in [0, 0.1) is 13.8 Å². The zero-order valence-electron chi connectivity index (χ0n) is 15.1. The summed E-state index contributed by atoms with van der Waals surface area (Å²) in [5, 5.41) is 3.58. The van der Waals surface area contributed by atoms with E-state index in [1.165, 1.54) is 6.20 Å². The smallest absolute Gasteiger partial charge is 0.359 e. The largest absolute Gasteiger partial charge is 0.453 e. The molecular weight excluding hydrogens is 349 g/mol. The van der Waals surface area contributed by atoms with E-state index in [1.807, 2.05) is 13.8 Å². The van der Waals surface area contributed by atoms with Gasteiger partial charge in [0.25, 0.3) is 5.82 Å². The lowest BCUT2D eigenvalue weighted by Crippen LogP contribution is -2.22. The van der Waals surface area contributed by atoms with Crippen LogP contribution in [0.4, 0.5) is 13.2 Å². The molecule has 0 bridgehead atoms. The molecule has 0 radical (unpaired) electrons. The van der Waals surface area contributed by atoms with E-state index >= 15 is 0 Å². The standard InChI is InChI=1S/C16H23F3N4OSi/c1-11-8-13(9-20-12(11)2)14-21-15(16(17,18)19)22-23(14)10-24-6-7-25(3,4)5/h8-9H,6-7,10H2,1-5H3. The number of aryl methyl sites for hydroxylation is 2. The van der Waals surface area contributed by atoms with Gasteiger partial charge in [0.05, 0.1) is 0 Å². The van der Waals surface area contributed by atoms with Crippen LogP contribution in [0.2, 0.25) is 25.7 Å². The number of hydrogen-bond acceptors (Lipinski definition) is 4. The maximum absolute atomic E-state index is 13.0. The van der Waals surface area contributed by atoms with E-state index in [4.69, 9.17) is 4.74 Å². The van der Waals surface area contributed by atoms with Crippen LogP contribution in [0.5, 0.6) is 0 Å². The van der Waals surface area contributed by atoms with Crippen LogP contribution in [0.15, 0.2) is 12.3 Å². The van der Waals surface area contributed by atoms with E-state index in [0.29, 0.717) is 12.2 Å². The van der Waals surface area contributed by atoms with Gasteiger partial charge in [-0.2, -0.15) is 13.2 Å². The van der Waals surface area contributed by atoms with Gasteiger partial charge in [-0.15, -0.1) is 5.10 Å². The summed E-state index contributed by atoms with van der Waals surface area (Å²) < 4.78 is 45.7. The highest BCUT2D eigenvalue weighted by Crippen LogP contribution is 2.29. The van der Waals surface area contributed by atoms with Gasteiger partial charge in [-0.1, -0.05) is 19.6 Å². The van der Waals surface area contributed by atoms with Gasteiger partial charge in [-0.05, 0) is 31.5 Å². The first kappa shape index (κ1) is 19.6. The normalized spacial score (nSPS) is 12.6. The van der Waals surface area contributed by atoms with Crippen molar-refractivity contribution in [2.75, 3.05) is 6.61 Å². The predicted octanol–water partition coefficient (Wildman–Crippen LogP) is 4.29. The lowest BCUT2D eigenvalue weighted by molar-refractivity contribution is -0.145. The van der Waals surface area contributed by atoms with Crippen molar-refractivity contribution < 1.29 is 17.9 Å². The number of halogens is 3. The third kappa shape index (κ3) is 5.37. The van der Waals surface area contributed by atoms with Gasteiger partial charge in [0.1, 0.15) is 6.73 Å². The molecule has 2 rings (SSSR count). The Balaban J connectivity index is 2.27. The number of nitrogens with zero attached hydrogens (tertiary/aromatic N) is 4. The molecule has 138 valence electrons. The molecule has 0 aromatic carbocycles. The average molecular weight is 372 g/mol. The molecule has 0 atom stereocenters. The molecule has 2 heterocycles. The van der Waals surface area contributed by atoms with Gasteiger partial charge in [0, 0.05) is 32.1 Å². The summed E-state index contributed by atoms with van der Waals surface area (Å²) in [6, 6.07) is 2.68. The summed E-state index contributed by atoms with van der Waals surface area (Å²) in [6.07, 6.45) is -3.10. The van der Waals surface area contributed by atoms with Crippen molar-refractivity contribution in [1.29, 1.82) is 0 Å². The van der Waals surface area contributed by atoms with Crippen LogP contribution in [-0.2, 0) is 17.6 Å². The molecule has 0 aliphatic rings. The van der Waals surface area contributed by atoms with Crippen LogP contribution in [0.1, 0.15) is 17.1 Å². The zero-order valence-corrected chi connectivity index (χ0v) is 16.1. The highest BCUT2D eigenvalue weighted by atomic mass is 28.3. The lowest BCUT2D eigenvalue weighted by Gasteiger charge is -2.15. The summed E-state index contributed by atoms with van der Waals surface area (Å²) in [4.78, 5) is 7.86. The summed E-state index contributed by atoms with van der Waals surface area (Å²) in [5.41, 5.74) is 2.18. The Bertz CT molecular complexity index is 738. The first-order chi connectivity index (χ1) is 11.5. The predicted molar refractivity (Wildman–Crippen MR) is 91.8 cm³/mol. The van der Waals surface area contributed by atoms with Crippen molar-refractivity contribution in [2.24, 2.45) is 0 Å². The zero-order chi connectivity index (χ0) is 18.8.